The fourth-order valence-electron chi connectivity index (χ4n) is 12.0. The van der Waals surface area contributed by atoms with Gasteiger partial charge >= 0.3 is 23.9 Å². The molecule has 8 rings (SSSR count). The van der Waals surface area contributed by atoms with Gasteiger partial charge in [-0.3, -0.25) is 9.59 Å². The lowest BCUT2D eigenvalue weighted by Crippen LogP contribution is -2.75. The number of ether oxygens (including phenoxy) is 4. The molecule has 7 unspecified atom stereocenters. The highest BCUT2D eigenvalue weighted by molar-refractivity contribution is 5.98. The summed E-state index contributed by atoms with van der Waals surface area (Å²) in [5, 5.41) is 0. The normalized spacial score (nSPS) is 34.3. The Bertz CT molecular complexity index is 2110. The first-order valence-electron chi connectivity index (χ1n) is 21.5. The van der Waals surface area contributed by atoms with Crippen LogP contribution in [0.15, 0.2) is 103 Å². The standard InChI is InChI=1S/C50H56O9/c1-30(2)35-27-39(56-40(52)28-35)31(3)37-29-38(51)41-42-44(58-46(54)33-19-11-7-12-20-33)43(57-45(53)32-17-9-6-10-18-32)36-23-15-16-24-49(36,5)50(42,26-25-48(37,41)4)59-47(55)34-21-13-8-14-22-34/h6-14,17-22,29-31,35-36,39,41-44H,15-16,23-28H2,1-5H3/t31?,35?,36?,39?,41?,42?,43-,44?,48-,49+,50-/m1/s1. The Balaban J connectivity index is 1.29. The number of hydrogen-bond acceptors (Lipinski definition) is 9. The highest BCUT2D eigenvalue weighted by Crippen LogP contribution is 2.70. The van der Waals surface area contributed by atoms with Crippen LogP contribution in [0.25, 0.3) is 0 Å². The van der Waals surface area contributed by atoms with Crippen LogP contribution in [0.1, 0.15) is 117 Å². The number of allylic oxidation sites excluding steroid dienone is 1. The number of fused-ring (bicyclic) bond motifs is 5. The molecule has 5 aliphatic rings. The third-order valence-corrected chi connectivity index (χ3v) is 15.2. The third kappa shape index (κ3) is 7.02. The van der Waals surface area contributed by atoms with E-state index in [0.717, 1.165) is 18.4 Å². The van der Waals surface area contributed by atoms with E-state index in [4.69, 9.17) is 18.9 Å². The van der Waals surface area contributed by atoms with Crippen LogP contribution in [0.5, 0.6) is 0 Å². The van der Waals surface area contributed by atoms with E-state index >= 15 is 4.79 Å². The average Bonchev–Trinajstić information content (AvgIpc) is 3.51. The molecule has 3 aromatic carbocycles. The van der Waals surface area contributed by atoms with Crippen molar-refractivity contribution in [3.05, 3.63) is 119 Å². The van der Waals surface area contributed by atoms with E-state index in [9.17, 15) is 19.2 Å². The first-order valence-corrected chi connectivity index (χ1v) is 21.5. The molecule has 9 nitrogen and oxygen atoms in total. The summed E-state index contributed by atoms with van der Waals surface area (Å²) >= 11 is 0. The highest BCUT2D eigenvalue weighted by atomic mass is 16.6. The van der Waals surface area contributed by atoms with Gasteiger partial charge in [0.1, 0.15) is 23.9 Å². The van der Waals surface area contributed by atoms with Gasteiger partial charge in [-0.2, -0.15) is 0 Å². The summed E-state index contributed by atoms with van der Waals surface area (Å²) in [7, 11) is 0. The second-order valence-corrected chi connectivity index (χ2v) is 18.6. The van der Waals surface area contributed by atoms with Crippen LogP contribution >= 0.6 is 0 Å². The Hall–Kier alpha value is -5.05. The fourth-order valence-corrected chi connectivity index (χ4v) is 12.0. The Kier molecular flexibility index (Phi) is 10.9. The molecule has 1 heterocycles. The molecule has 0 amide bonds. The van der Waals surface area contributed by atoms with Gasteiger partial charge in [-0.15, -0.1) is 0 Å². The smallest absolute Gasteiger partial charge is 0.338 e. The minimum atomic E-state index is -1.30. The molecule has 310 valence electrons. The Morgan fingerprint density at radius 2 is 1.27 bits per heavy atom. The summed E-state index contributed by atoms with van der Waals surface area (Å²) in [4.78, 5) is 71.3. The van der Waals surface area contributed by atoms with Crippen molar-refractivity contribution in [1.82, 2.24) is 0 Å². The predicted octanol–water partition coefficient (Wildman–Crippen LogP) is 9.40. The molecule has 4 aliphatic carbocycles. The monoisotopic (exact) mass is 800 g/mol. The van der Waals surface area contributed by atoms with Crippen LogP contribution in [0.3, 0.4) is 0 Å². The highest BCUT2D eigenvalue weighted by Gasteiger charge is 2.76. The summed E-state index contributed by atoms with van der Waals surface area (Å²) in [6, 6.07) is 26.3. The molecular formula is C50H56O9. The van der Waals surface area contributed by atoms with Gasteiger partial charge in [-0.25, -0.2) is 14.4 Å². The van der Waals surface area contributed by atoms with Crippen LogP contribution in [0, 0.1) is 46.3 Å². The Morgan fingerprint density at radius 3 is 1.85 bits per heavy atom. The molecule has 0 radical (unpaired) electrons. The van der Waals surface area contributed by atoms with Crippen LogP contribution in [-0.2, 0) is 28.5 Å². The molecule has 1 saturated heterocycles. The maximum atomic E-state index is 15.1. The molecule has 59 heavy (non-hydrogen) atoms. The van der Waals surface area contributed by atoms with Crippen LogP contribution < -0.4 is 0 Å². The van der Waals surface area contributed by atoms with Crippen molar-refractivity contribution in [3.8, 4) is 0 Å². The SMILES string of the molecule is CC(C)C1CC(=O)OC(C(C)C2=CC(=O)C3C4C(OC(=O)c5ccccc5)[C@H](OC(=O)c5ccccc5)C5CCCC[C@]5(C)[C@@]4(OC(=O)c4ccccc4)CC[C@]23C)C1. The molecule has 0 aromatic heterocycles. The lowest BCUT2D eigenvalue weighted by molar-refractivity contribution is -0.284. The summed E-state index contributed by atoms with van der Waals surface area (Å²) in [5.74, 6) is -4.00. The molecule has 3 aromatic rings. The van der Waals surface area contributed by atoms with Crippen LogP contribution in [-0.4, -0.2) is 53.6 Å². The van der Waals surface area contributed by atoms with Gasteiger partial charge in [0.15, 0.2) is 5.78 Å². The minimum Gasteiger partial charge on any atom is -0.462 e. The van der Waals surface area contributed by atoms with Crippen molar-refractivity contribution < 1.29 is 42.9 Å². The van der Waals surface area contributed by atoms with Gasteiger partial charge < -0.3 is 18.9 Å². The molecule has 9 heteroatoms. The minimum absolute atomic E-state index is 0.157. The number of cyclic esters (lactones) is 1. The maximum absolute atomic E-state index is 15.1. The average molecular weight is 801 g/mol. The molecular weight excluding hydrogens is 745 g/mol. The number of esters is 4. The molecule has 4 fully saturated rings. The molecule has 0 bridgehead atoms. The number of carbonyl (C=O) groups excluding carboxylic acids is 5. The molecule has 1 aliphatic heterocycles. The lowest BCUT2D eigenvalue weighted by Gasteiger charge is -2.68. The summed E-state index contributed by atoms with van der Waals surface area (Å²) in [5.41, 5.74) is -0.929. The van der Waals surface area contributed by atoms with Gasteiger partial charge in [-0.05, 0) is 91.8 Å². The zero-order valence-corrected chi connectivity index (χ0v) is 34.8. The van der Waals surface area contributed by atoms with Gasteiger partial charge in [0.25, 0.3) is 0 Å². The van der Waals surface area contributed by atoms with Crippen LogP contribution in [0.4, 0.5) is 0 Å². The topological polar surface area (TPSA) is 122 Å². The molecule has 0 spiro atoms. The number of carbonyl (C=O) groups is 5. The number of ketones is 1. The third-order valence-electron chi connectivity index (χ3n) is 15.2. The van der Waals surface area contributed by atoms with Crippen molar-refractivity contribution in [1.29, 1.82) is 0 Å². The Labute approximate surface area is 347 Å². The van der Waals surface area contributed by atoms with Gasteiger partial charge in [-0.1, -0.05) is 108 Å². The van der Waals surface area contributed by atoms with E-state index in [0.29, 0.717) is 55.2 Å². The fraction of sp³-hybridized carbons (Fsp3) is 0.500. The van der Waals surface area contributed by atoms with E-state index in [1.165, 1.54) is 0 Å². The zero-order valence-electron chi connectivity index (χ0n) is 34.8. The van der Waals surface area contributed by atoms with E-state index in [1.807, 2.05) is 25.1 Å². The number of benzene rings is 3. The van der Waals surface area contributed by atoms with E-state index in [1.54, 1.807) is 78.9 Å². The molecule has 3 saturated carbocycles. The van der Waals surface area contributed by atoms with Gasteiger partial charge in [0.05, 0.1) is 22.6 Å². The van der Waals surface area contributed by atoms with Crippen molar-refractivity contribution in [2.24, 2.45) is 46.3 Å². The lowest BCUT2D eigenvalue weighted by atomic mass is 9.40. The first-order chi connectivity index (χ1) is 28.3. The van der Waals surface area contributed by atoms with Crippen LogP contribution in [0.2, 0.25) is 0 Å². The van der Waals surface area contributed by atoms with E-state index in [-0.39, 0.29) is 35.4 Å². The predicted molar refractivity (Wildman–Crippen MR) is 220 cm³/mol. The Morgan fingerprint density at radius 1 is 0.712 bits per heavy atom. The number of rotatable bonds is 9. The van der Waals surface area contributed by atoms with Crippen molar-refractivity contribution in [2.45, 2.75) is 110 Å². The van der Waals surface area contributed by atoms with Crippen molar-refractivity contribution in [3.63, 3.8) is 0 Å². The number of hydrogen-bond donors (Lipinski definition) is 0. The van der Waals surface area contributed by atoms with Gasteiger partial charge in [0, 0.05) is 29.6 Å². The summed E-state index contributed by atoms with van der Waals surface area (Å²) in [6.45, 7) is 10.5. The van der Waals surface area contributed by atoms with E-state index in [2.05, 4.69) is 27.7 Å². The second kappa shape index (κ2) is 15.9. The van der Waals surface area contributed by atoms with E-state index < -0.39 is 64.5 Å². The summed E-state index contributed by atoms with van der Waals surface area (Å²) in [6.07, 6.45) is 4.10. The largest absolute Gasteiger partial charge is 0.462 e. The van der Waals surface area contributed by atoms with Crippen molar-refractivity contribution >= 4 is 29.7 Å². The zero-order chi connectivity index (χ0) is 41.7. The molecule has 0 N–H and O–H groups in total. The maximum Gasteiger partial charge on any atom is 0.338 e. The van der Waals surface area contributed by atoms with Gasteiger partial charge in [0.2, 0.25) is 0 Å². The quantitative estimate of drug-likeness (QED) is 0.154. The van der Waals surface area contributed by atoms with Crippen molar-refractivity contribution in [2.75, 3.05) is 0 Å². The second-order valence-electron chi connectivity index (χ2n) is 18.6. The molecule has 11 atom stereocenters. The summed E-state index contributed by atoms with van der Waals surface area (Å²) < 4.78 is 26.5. The first kappa shape index (κ1) is 40.7.